The molecule has 0 aliphatic rings. The van der Waals surface area contributed by atoms with Gasteiger partial charge in [-0.1, -0.05) is 36.4 Å². The van der Waals surface area contributed by atoms with Gasteiger partial charge in [-0.25, -0.2) is 8.42 Å². The molecule has 0 radical (unpaired) electrons. The van der Waals surface area contributed by atoms with Gasteiger partial charge in [-0.05, 0) is 54.4 Å². The maximum Gasteiger partial charge on any atom is 0.251 e. The maximum absolute atomic E-state index is 12.3. The summed E-state index contributed by atoms with van der Waals surface area (Å²) in [5.74, 6) is 0.513. The zero-order valence-electron chi connectivity index (χ0n) is 17.9. The number of ether oxygens (including phenoxy) is 1. The SMILES string of the molecule is CS(=O)(=O)Nc1cccc(C(=O)NCCCOc2cccc(CNc3ccccc3)c2)c1. The first-order valence-corrected chi connectivity index (χ1v) is 12.1. The molecule has 0 bridgehead atoms. The third-order valence-corrected chi connectivity index (χ3v) is 5.08. The second kappa shape index (κ2) is 11.2. The van der Waals surface area contributed by atoms with Crippen LogP contribution in [0.25, 0.3) is 0 Å². The first-order chi connectivity index (χ1) is 15.4. The summed E-state index contributed by atoms with van der Waals surface area (Å²) in [6, 6.07) is 24.3. The first kappa shape index (κ1) is 23.1. The molecule has 7 nitrogen and oxygen atoms in total. The minimum Gasteiger partial charge on any atom is -0.494 e. The number of nitrogens with one attached hydrogen (secondary N) is 3. The van der Waals surface area contributed by atoms with Crippen LogP contribution in [0.2, 0.25) is 0 Å². The third kappa shape index (κ3) is 7.96. The molecule has 3 aromatic rings. The van der Waals surface area contributed by atoms with Gasteiger partial charge < -0.3 is 15.4 Å². The van der Waals surface area contributed by atoms with Crippen LogP contribution in [-0.4, -0.2) is 33.7 Å². The van der Waals surface area contributed by atoms with E-state index < -0.39 is 10.0 Å². The second-order valence-electron chi connectivity index (χ2n) is 7.28. The molecule has 0 aliphatic heterocycles. The van der Waals surface area contributed by atoms with Crippen LogP contribution in [0.3, 0.4) is 0 Å². The summed E-state index contributed by atoms with van der Waals surface area (Å²) < 4.78 is 30.8. The fourth-order valence-electron chi connectivity index (χ4n) is 3.01. The Balaban J connectivity index is 1.40. The normalized spacial score (nSPS) is 10.9. The number of carbonyl (C=O) groups excluding carboxylic acids is 1. The Morgan fingerprint density at radius 3 is 2.44 bits per heavy atom. The molecule has 3 rings (SSSR count). The molecule has 0 spiro atoms. The van der Waals surface area contributed by atoms with Gasteiger partial charge in [0.05, 0.1) is 12.9 Å². The molecule has 32 heavy (non-hydrogen) atoms. The predicted molar refractivity (Wildman–Crippen MR) is 128 cm³/mol. The van der Waals surface area contributed by atoms with Gasteiger partial charge in [0.25, 0.3) is 5.91 Å². The molecule has 168 valence electrons. The topological polar surface area (TPSA) is 96.5 Å². The van der Waals surface area contributed by atoms with Crippen LogP contribution < -0.4 is 20.1 Å². The molecule has 0 heterocycles. The largest absolute Gasteiger partial charge is 0.494 e. The smallest absolute Gasteiger partial charge is 0.251 e. The molecular formula is C24H27N3O4S. The van der Waals surface area contributed by atoms with Crippen molar-refractivity contribution in [3.63, 3.8) is 0 Å². The van der Waals surface area contributed by atoms with Crippen molar-refractivity contribution in [2.75, 3.05) is 29.4 Å². The highest BCUT2D eigenvalue weighted by molar-refractivity contribution is 7.92. The lowest BCUT2D eigenvalue weighted by atomic mass is 10.2. The first-order valence-electron chi connectivity index (χ1n) is 10.3. The number of hydrogen-bond donors (Lipinski definition) is 3. The number of anilines is 2. The highest BCUT2D eigenvalue weighted by atomic mass is 32.2. The van der Waals surface area contributed by atoms with E-state index in [0.29, 0.717) is 37.4 Å². The summed E-state index contributed by atoms with van der Waals surface area (Å²) in [5, 5.41) is 6.19. The van der Waals surface area contributed by atoms with Crippen molar-refractivity contribution in [3.05, 3.63) is 90.0 Å². The number of para-hydroxylation sites is 1. The lowest BCUT2D eigenvalue weighted by Gasteiger charge is -2.10. The molecule has 0 aromatic heterocycles. The fraction of sp³-hybridized carbons (Fsp3) is 0.208. The zero-order chi connectivity index (χ0) is 22.8. The van der Waals surface area contributed by atoms with Crippen molar-refractivity contribution in [1.29, 1.82) is 0 Å². The summed E-state index contributed by atoms with van der Waals surface area (Å²) >= 11 is 0. The Morgan fingerprint density at radius 2 is 1.66 bits per heavy atom. The summed E-state index contributed by atoms with van der Waals surface area (Å²) in [6.45, 7) is 1.61. The van der Waals surface area contributed by atoms with Gasteiger partial charge >= 0.3 is 0 Å². The molecule has 0 saturated heterocycles. The van der Waals surface area contributed by atoms with Gasteiger partial charge in [0.15, 0.2) is 0 Å². The van der Waals surface area contributed by atoms with E-state index in [2.05, 4.69) is 15.4 Å². The van der Waals surface area contributed by atoms with Crippen molar-refractivity contribution in [1.82, 2.24) is 5.32 Å². The third-order valence-electron chi connectivity index (χ3n) is 4.47. The van der Waals surface area contributed by atoms with Crippen molar-refractivity contribution >= 4 is 27.3 Å². The molecule has 1 amide bonds. The molecule has 0 fully saturated rings. The summed E-state index contributed by atoms with van der Waals surface area (Å²) in [6.07, 6.45) is 1.70. The van der Waals surface area contributed by atoms with Gasteiger partial charge in [0.2, 0.25) is 10.0 Å². The lowest BCUT2D eigenvalue weighted by molar-refractivity contribution is 0.0951. The second-order valence-corrected chi connectivity index (χ2v) is 9.03. The Labute approximate surface area is 188 Å². The number of benzene rings is 3. The monoisotopic (exact) mass is 453 g/mol. The summed E-state index contributed by atoms with van der Waals surface area (Å²) in [4.78, 5) is 12.3. The van der Waals surface area contributed by atoms with Gasteiger partial charge in [0, 0.05) is 30.0 Å². The molecule has 8 heteroatoms. The Kier molecular flexibility index (Phi) is 8.10. The molecule has 3 N–H and O–H groups in total. The number of carbonyl (C=O) groups is 1. The van der Waals surface area contributed by atoms with Crippen LogP contribution in [0.1, 0.15) is 22.3 Å². The maximum atomic E-state index is 12.3. The molecule has 0 saturated carbocycles. The van der Waals surface area contributed by atoms with E-state index in [0.717, 1.165) is 23.3 Å². The Hall–Kier alpha value is -3.52. The van der Waals surface area contributed by atoms with E-state index in [4.69, 9.17) is 4.74 Å². The van der Waals surface area contributed by atoms with E-state index in [9.17, 15) is 13.2 Å². The molecule has 0 atom stereocenters. The van der Waals surface area contributed by atoms with Crippen LogP contribution in [0.5, 0.6) is 5.75 Å². The molecule has 3 aromatic carbocycles. The Morgan fingerprint density at radius 1 is 0.906 bits per heavy atom. The van der Waals surface area contributed by atoms with Crippen molar-refractivity contribution in [2.45, 2.75) is 13.0 Å². The van der Waals surface area contributed by atoms with E-state index in [1.54, 1.807) is 18.2 Å². The van der Waals surface area contributed by atoms with E-state index in [-0.39, 0.29) is 5.91 Å². The van der Waals surface area contributed by atoms with E-state index in [1.165, 1.54) is 6.07 Å². The lowest BCUT2D eigenvalue weighted by Crippen LogP contribution is -2.25. The molecule has 0 aliphatic carbocycles. The average Bonchev–Trinajstić information content (AvgIpc) is 2.77. The van der Waals surface area contributed by atoms with Crippen molar-refractivity contribution in [3.8, 4) is 5.75 Å². The summed E-state index contributed by atoms with van der Waals surface area (Å²) in [5.41, 5.74) is 2.91. The van der Waals surface area contributed by atoms with E-state index in [1.807, 2.05) is 54.6 Å². The number of rotatable bonds is 11. The predicted octanol–water partition coefficient (Wildman–Crippen LogP) is 3.87. The highest BCUT2D eigenvalue weighted by Gasteiger charge is 2.08. The van der Waals surface area contributed by atoms with Crippen LogP contribution in [0, 0.1) is 0 Å². The van der Waals surface area contributed by atoms with Gasteiger partial charge in [-0.2, -0.15) is 0 Å². The number of amides is 1. The van der Waals surface area contributed by atoms with Gasteiger partial charge in [-0.3, -0.25) is 9.52 Å². The van der Waals surface area contributed by atoms with Crippen LogP contribution in [0.4, 0.5) is 11.4 Å². The van der Waals surface area contributed by atoms with E-state index >= 15 is 0 Å². The van der Waals surface area contributed by atoms with Crippen LogP contribution in [0.15, 0.2) is 78.9 Å². The van der Waals surface area contributed by atoms with Crippen molar-refractivity contribution < 1.29 is 17.9 Å². The molecular weight excluding hydrogens is 426 g/mol. The average molecular weight is 454 g/mol. The molecule has 0 unspecified atom stereocenters. The van der Waals surface area contributed by atoms with Crippen LogP contribution >= 0.6 is 0 Å². The fourth-order valence-corrected chi connectivity index (χ4v) is 3.56. The quantitative estimate of drug-likeness (QED) is 0.383. The standard InChI is InChI=1S/C24H27N3O4S/c1-32(29,30)27-22-12-6-9-20(17-22)24(28)25-14-7-15-31-23-13-5-8-19(16-23)18-26-21-10-3-2-4-11-21/h2-6,8-13,16-17,26-27H,7,14-15,18H2,1H3,(H,25,28). The van der Waals surface area contributed by atoms with Crippen molar-refractivity contribution in [2.24, 2.45) is 0 Å². The van der Waals surface area contributed by atoms with Gasteiger partial charge in [-0.15, -0.1) is 0 Å². The van der Waals surface area contributed by atoms with Gasteiger partial charge in [0.1, 0.15) is 5.75 Å². The van der Waals surface area contributed by atoms with Crippen LogP contribution in [-0.2, 0) is 16.6 Å². The number of hydrogen-bond acceptors (Lipinski definition) is 5. The zero-order valence-corrected chi connectivity index (χ0v) is 18.7. The summed E-state index contributed by atoms with van der Waals surface area (Å²) in [7, 11) is -3.39. The minimum atomic E-state index is -3.39. The minimum absolute atomic E-state index is 0.267. The number of sulfonamides is 1. The Bertz CT molecular complexity index is 1130. The highest BCUT2D eigenvalue weighted by Crippen LogP contribution is 2.16.